The first-order chi connectivity index (χ1) is 17.6. The number of nitrogens with zero attached hydrogens (tertiary/aromatic N) is 3. The monoisotopic (exact) mass is 542 g/mol. The van der Waals surface area contributed by atoms with Crippen molar-refractivity contribution in [3.8, 4) is 5.75 Å². The molecule has 1 aromatic carbocycles. The minimum atomic E-state index is -3.08. The molecule has 1 N–H and O–H groups in total. The number of amides is 1. The number of rotatable bonds is 11. The highest BCUT2D eigenvalue weighted by Crippen LogP contribution is 2.37. The highest BCUT2D eigenvalue weighted by atomic mass is 35.5. The Hall–Kier alpha value is -2.76. The Kier molecular flexibility index (Phi) is 9.86. The van der Waals surface area contributed by atoms with Crippen LogP contribution < -0.4 is 10.1 Å². The molecule has 1 saturated heterocycles. The SMILES string of the molecule is COCC(CN1CCC(C(=O)Nc2ccc(Cl)cc2OC(F)F)(n2nccc2C(C)C)CC1)C(=O)OC. The summed E-state index contributed by atoms with van der Waals surface area (Å²) < 4.78 is 42.4. The highest BCUT2D eigenvalue weighted by molar-refractivity contribution is 6.30. The van der Waals surface area contributed by atoms with Crippen molar-refractivity contribution in [2.75, 3.05) is 45.8 Å². The highest BCUT2D eigenvalue weighted by Gasteiger charge is 2.46. The lowest BCUT2D eigenvalue weighted by molar-refractivity contribution is -0.148. The quantitative estimate of drug-likeness (QED) is 0.427. The summed E-state index contributed by atoms with van der Waals surface area (Å²) in [6.07, 6.45) is 2.40. The first kappa shape index (κ1) is 28.8. The lowest BCUT2D eigenvalue weighted by atomic mass is 9.85. The summed E-state index contributed by atoms with van der Waals surface area (Å²) in [5.41, 5.74) is -0.139. The van der Waals surface area contributed by atoms with Crippen LogP contribution in [0.15, 0.2) is 30.5 Å². The van der Waals surface area contributed by atoms with E-state index in [4.69, 9.17) is 21.1 Å². The van der Waals surface area contributed by atoms with Crippen LogP contribution >= 0.6 is 11.6 Å². The number of methoxy groups -OCH3 is 2. The molecule has 2 aromatic rings. The molecule has 204 valence electrons. The third kappa shape index (κ3) is 6.77. The normalized spacial score (nSPS) is 16.6. The van der Waals surface area contributed by atoms with Gasteiger partial charge in [-0.2, -0.15) is 13.9 Å². The van der Waals surface area contributed by atoms with E-state index < -0.39 is 24.0 Å². The molecule has 0 spiro atoms. The number of carbonyl (C=O) groups excluding carboxylic acids is 2. The van der Waals surface area contributed by atoms with Crippen LogP contribution in [-0.4, -0.2) is 73.6 Å². The number of aromatic nitrogens is 2. The number of nitrogens with one attached hydrogen (secondary N) is 1. The van der Waals surface area contributed by atoms with Gasteiger partial charge < -0.3 is 24.4 Å². The molecular formula is C25H33ClF2N4O5. The van der Waals surface area contributed by atoms with E-state index in [-0.39, 0.29) is 35.0 Å². The number of benzene rings is 1. The smallest absolute Gasteiger partial charge is 0.387 e. The molecule has 0 saturated carbocycles. The molecule has 1 aliphatic heterocycles. The number of hydrogen-bond donors (Lipinski definition) is 1. The molecular weight excluding hydrogens is 510 g/mol. The topological polar surface area (TPSA) is 94.9 Å². The maximum Gasteiger partial charge on any atom is 0.387 e. The first-order valence-corrected chi connectivity index (χ1v) is 12.4. The van der Waals surface area contributed by atoms with Gasteiger partial charge in [0.2, 0.25) is 0 Å². The number of esters is 1. The van der Waals surface area contributed by atoms with Crippen LogP contribution in [0.2, 0.25) is 5.02 Å². The van der Waals surface area contributed by atoms with Crippen molar-refractivity contribution in [1.82, 2.24) is 14.7 Å². The van der Waals surface area contributed by atoms with Gasteiger partial charge in [0.05, 0.1) is 25.3 Å². The van der Waals surface area contributed by atoms with Gasteiger partial charge in [0.25, 0.3) is 5.91 Å². The molecule has 0 bridgehead atoms. The number of piperidine rings is 1. The van der Waals surface area contributed by atoms with Crippen molar-refractivity contribution in [3.63, 3.8) is 0 Å². The molecule has 37 heavy (non-hydrogen) atoms. The Morgan fingerprint density at radius 1 is 1.19 bits per heavy atom. The number of alkyl halides is 2. The predicted octanol–water partition coefficient (Wildman–Crippen LogP) is 4.13. The molecule has 1 aliphatic rings. The zero-order chi connectivity index (χ0) is 27.2. The number of carbonyl (C=O) groups is 2. The fourth-order valence-corrected chi connectivity index (χ4v) is 4.82. The Balaban J connectivity index is 1.90. The molecule has 9 nitrogen and oxygen atoms in total. The third-order valence-electron chi connectivity index (χ3n) is 6.56. The van der Waals surface area contributed by atoms with E-state index in [2.05, 4.69) is 20.1 Å². The van der Waals surface area contributed by atoms with Gasteiger partial charge in [-0.3, -0.25) is 14.3 Å². The molecule has 0 radical (unpaired) electrons. The maximum absolute atomic E-state index is 13.9. The van der Waals surface area contributed by atoms with Crippen molar-refractivity contribution in [2.24, 2.45) is 5.92 Å². The summed E-state index contributed by atoms with van der Waals surface area (Å²) in [7, 11) is 2.86. The van der Waals surface area contributed by atoms with Crippen LogP contribution in [0.5, 0.6) is 5.75 Å². The summed E-state index contributed by atoms with van der Waals surface area (Å²) in [4.78, 5) is 28.2. The molecule has 3 rings (SSSR count). The van der Waals surface area contributed by atoms with Gasteiger partial charge >= 0.3 is 12.6 Å². The molecule has 12 heteroatoms. The van der Waals surface area contributed by atoms with Crippen molar-refractivity contribution in [3.05, 3.63) is 41.2 Å². The number of hydrogen-bond acceptors (Lipinski definition) is 7. The molecule has 1 fully saturated rings. The lowest BCUT2D eigenvalue weighted by Crippen LogP contribution is -2.55. The summed E-state index contributed by atoms with van der Waals surface area (Å²) in [5.74, 6) is -1.37. The number of ether oxygens (including phenoxy) is 3. The van der Waals surface area contributed by atoms with Crippen molar-refractivity contribution >= 4 is 29.2 Å². The number of likely N-dealkylation sites (tertiary alicyclic amines) is 1. The van der Waals surface area contributed by atoms with Gasteiger partial charge in [-0.15, -0.1) is 0 Å². The largest absolute Gasteiger partial charge is 0.469 e. The number of halogens is 3. The van der Waals surface area contributed by atoms with Crippen LogP contribution in [0.1, 0.15) is 38.3 Å². The average molecular weight is 543 g/mol. The van der Waals surface area contributed by atoms with Gasteiger partial charge in [-0.25, -0.2) is 0 Å². The van der Waals surface area contributed by atoms with Crippen LogP contribution in [0.3, 0.4) is 0 Å². The van der Waals surface area contributed by atoms with E-state index in [9.17, 15) is 18.4 Å². The van der Waals surface area contributed by atoms with E-state index in [1.807, 2.05) is 19.9 Å². The van der Waals surface area contributed by atoms with Gasteiger partial charge in [0.15, 0.2) is 5.75 Å². The van der Waals surface area contributed by atoms with Crippen LogP contribution in [0.4, 0.5) is 14.5 Å². The van der Waals surface area contributed by atoms with Gasteiger partial charge in [0, 0.05) is 49.7 Å². The molecule has 1 aromatic heterocycles. The maximum atomic E-state index is 13.9. The van der Waals surface area contributed by atoms with E-state index >= 15 is 0 Å². The summed E-state index contributed by atoms with van der Waals surface area (Å²) in [5, 5.41) is 7.49. The summed E-state index contributed by atoms with van der Waals surface area (Å²) >= 11 is 5.96. The van der Waals surface area contributed by atoms with Gasteiger partial charge in [-0.05, 0) is 37.0 Å². The fraction of sp³-hybridized carbons (Fsp3) is 0.560. The minimum absolute atomic E-state index is 0.0839. The Morgan fingerprint density at radius 2 is 1.89 bits per heavy atom. The molecule has 0 aliphatic carbocycles. The Labute approximate surface area is 220 Å². The van der Waals surface area contributed by atoms with Crippen LogP contribution in [0, 0.1) is 5.92 Å². The van der Waals surface area contributed by atoms with Gasteiger partial charge in [0.1, 0.15) is 5.54 Å². The summed E-state index contributed by atoms with van der Waals surface area (Å²) in [6.45, 7) is 2.54. The van der Waals surface area contributed by atoms with Crippen molar-refractivity contribution in [2.45, 2.75) is 44.8 Å². The second kappa shape index (κ2) is 12.7. The Morgan fingerprint density at radius 3 is 2.49 bits per heavy atom. The van der Waals surface area contributed by atoms with Crippen molar-refractivity contribution < 1.29 is 32.6 Å². The van der Waals surface area contributed by atoms with E-state index in [0.717, 1.165) is 5.69 Å². The van der Waals surface area contributed by atoms with Crippen LogP contribution in [0.25, 0.3) is 0 Å². The average Bonchev–Trinajstić information content (AvgIpc) is 3.36. The van der Waals surface area contributed by atoms with Gasteiger partial charge in [-0.1, -0.05) is 25.4 Å². The predicted molar refractivity (Wildman–Crippen MR) is 134 cm³/mol. The second-order valence-corrected chi connectivity index (χ2v) is 9.74. The summed E-state index contributed by atoms with van der Waals surface area (Å²) in [6, 6.07) is 6.01. The van der Waals surface area contributed by atoms with E-state index in [1.54, 1.807) is 10.9 Å². The van der Waals surface area contributed by atoms with E-state index in [1.165, 1.54) is 32.4 Å². The standard InChI is InChI=1S/C25H33ClF2N4O5/c1-16(2)20-7-10-29-32(20)25(8-11-31(12-9-25)14-17(15-35-3)22(33)36-4)23(34)30-19-6-5-18(26)13-21(19)37-24(27)28/h5-7,10,13,16-17,24H,8-9,11-12,14-15H2,1-4H3,(H,30,34). The Bertz CT molecular complexity index is 1070. The fourth-order valence-electron chi connectivity index (χ4n) is 4.66. The zero-order valence-electron chi connectivity index (χ0n) is 21.4. The number of anilines is 1. The molecule has 1 amide bonds. The van der Waals surface area contributed by atoms with Crippen LogP contribution in [-0.2, 0) is 24.6 Å². The van der Waals surface area contributed by atoms with Crippen molar-refractivity contribution in [1.29, 1.82) is 0 Å². The first-order valence-electron chi connectivity index (χ1n) is 12.0. The minimum Gasteiger partial charge on any atom is -0.469 e. The zero-order valence-corrected chi connectivity index (χ0v) is 22.1. The lowest BCUT2D eigenvalue weighted by Gasteiger charge is -2.42. The van der Waals surface area contributed by atoms with E-state index in [0.29, 0.717) is 32.5 Å². The molecule has 2 heterocycles. The molecule has 1 unspecified atom stereocenters. The third-order valence-corrected chi connectivity index (χ3v) is 6.80. The second-order valence-electron chi connectivity index (χ2n) is 9.30. The molecule has 1 atom stereocenters.